The summed E-state index contributed by atoms with van der Waals surface area (Å²) in [7, 11) is 1.34. The van der Waals surface area contributed by atoms with Crippen LogP contribution in [-0.4, -0.2) is 42.7 Å². The first-order valence-corrected chi connectivity index (χ1v) is 8.73. The Hall–Kier alpha value is -2.44. The van der Waals surface area contributed by atoms with E-state index in [1.165, 1.54) is 7.11 Å². The summed E-state index contributed by atoms with van der Waals surface area (Å²) in [5.74, 6) is -0.757. The van der Waals surface area contributed by atoms with Crippen LogP contribution in [0, 0.1) is 0 Å². The molecule has 1 fully saturated rings. The van der Waals surface area contributed by atoms with Crippen molar-refractivity contribution in [2.75, 3.05) is 20.2 Å². The van der Waals surface area contributed by atoms with Gasteiger partial charge in [0.2, 0.25) is 0 Å². The van der Waals surface area contributed by atoms with E-state index >= 15 is 0 Å². The van der Waals surface area contributed by atoms with Gasteiger partial charge in [0.1, 0.15) is 5.60 Å². The number of ether oxygens (including phenoxy) is 2. The maximum Gasteiger partial charge on any atom is 0.340 e. The predicted molar refractivity (Wildman–Crippen MR) is 102 cm³/mol. The fourth-order valence-corrected chi connectivity index (χ4v) is 3.77. The molecule has 2 aliphatic heterocycles. The van der Waals surface area contributed by atoms with Crippen LogP contribution in [0.3, 0.4) is 0 Å². The normalized spacial score (nSPS) is 17.4. The molecule has 1 N–H and O–H groups in total. The summed E-state index contributed by atoms with van der Waals surface area (Å²) in [6.45, 7) is 1.72. The molecule has 27 heavy (non-hydrogen) atoms. The summed E-state index contributed by atoms with van der Waals surface area (Å²) in [6.07, 6.45) is 3.99. The number of esters is 2. The second kappa shape index (κ2) is 7.66. The fourth-order valence-electron chi connectivity index (χ4n) is 3.77. The molecule has 0 aliphatic carbocycles. The summed E-state index contributed by atoms with van der Waals surface area (Å²) >= 11 is 0. The zero-order valence-electron chi connectivity index (χ0n) is 15.0. The molecule has 7 heteroatoms. The Labute approximate surface area is 163 Å². The van der Waals surface area contributed by atoms with Crippen LogP contribution in [0.2, 0.25) is 0 Å². The minimum atomic E-state index is -0.456. The van der Waals surface area contributed by atoms with Crippen molar-refractivity contribution in [1.82, 2.24) is 10.3 Å². The van der Waals surface area contributed by atoms with Gasteiger partial charge in [0, 0.05) is 31.0 Å². The molecule has 1 spiro atoms. The Balaban J connectivity index is 0.00000210. The minimum absolute atomic E-state index is 0. The largest absolute Gasteiger partial charge is 0.465 e. The van der Waals surface area contributed by atoms with Crippen LogP contribution in [0.1, 0.15) is 39.1 Å². The highest BCUT2D eigenvalue weighted by atomic mass is 35.5. The third-order valence-corrected chi connectivity index (χ3v) is 5.15. The topological polar surface area (TPSA) is 77.5 Å². The van der Waals surface area contributed by atoms with Crippen LogP contribution < -0.4 is 5.32 Å². The van der Waals surface area contributed by atoms with Crippen LogP contribution >= 0.6 is 12.4 Å². The number of nitrogens with one attached hydrogen (secondary N) is 1. The summed E-state index contributed by atoms with van der Waals surface area (Å²) < 4.78 is 10.7. The predicted octanol–water partition coefficient (Wildman–Crippen LogP) is 2.79. The fraction of sp³-hybridized carbons (Fsp3) is 0.350. The Morgan fingerprint density at radius 1 is 1.26 bits per heavy atom. The molecule has 1 aromatic heterocycles. The van der Waals surface area contributed by atoms with Gasteiger partial charge in [-0.3, -0.25) is 4.98 Å². The van der Waals surface area contributed by atoms with E-state index < -0.39 is 5.97 Å². The zero-order valence-corrected chi connectivity index (χ0v) is 15.8. The Morgan fingerprint density at radius 3 is 2.78 bits per heavy atom. The molecule has 2 aliphatic rings. The van der Waals surface area contributed by atoms with Gasteiger partial charge in [-0.25, -0.2) is 9.59 Å². The number of hydrogen-bond acceptors (Lipinski definition) is 6. The Bertz CT molecular complexity index is 878. The number of halogens is 1. The quantitative estimate of drug-likeness (QED) is 0.797. The molecule has 2 aromatic rings. The van der Waals surface area contributed by atoms with E-state index in [4.69, 9.17) is 9.47 Å². The second-order valence-corrected chi connectivity index (χ2v) is 6.76. The van der Waals surface area contributed by atoms with E-state index in [1.807, 2.05) is 12.1 Å². The number of pyridine rings is 1. The Morgan fingerprint density at radius 2 is 2.04 bits per heavy atom. The third-order valence-electron chi connectivity index (χ3n) is 5.15. The molecule has 3 heterocycles. The number of benzene rings is 1. The SMILES string of the molecule is COC(=O)c1cccnc1-c1ccc2c(c1)C(=O)OC1(CCNCC1)C2.Cl. The lowest BCUT2D eigenvalue weighted by molar-refractivity contribution is -0.0398. The molecule has 0 bridgehead atoms. The van der Waals surface area contributed by atoms with Gasteiger partial charge in [0.15, 0.2) is 0 Å². The monoisotopic (exact) mass is 388 g/mol. The van der Waals surface area contributed by atoms with Gasteiger partial charge < -0.3 is 14.8 Å². The highest BCUT2D eigenvalue weighted by Gasteiger charge is 2.41. The molecule has 142 valence electrons. The van der Waals surface area contributed by atoms with Gasteiger partial charge in [-0.2, -0.15) is 0 Å². The summed E-state index contributed by atoms with van der Waals surface area (Å²) in [4.78, 5) is 29.0. The number of carbonyl (C=O) groups is 2. The first-order valence-electron chi connectivity index (χ1n) is 8.73. The van der Waals surface area contributed by atoms with E-state index in [0.29, 0.717) is 22.4 Å². The van der Waals surface area contributed by atoms with Gasteiger partial charge in [0.05, 0.1) is 23.9 Å². The number of methoxy groups -OCH3 is 1. The van der Waals surface area contributed by atoms with Crippen molar-refractivity contribution in [3.63, 3.8) is 0 Å². The van der Waals surface area contributed by atoms with E-state index in [0.717, 1.165) is 37.9 Å². The van der Waals surface area contributed by atoms with Crippen molar-refractivity contribution < 1.29 is 19.1 Å². The summed E-state index contributed by atoms with van der Waals surface area (Å²) in [6, 6.07) is 8.96. The number of fused-ring (bicyclic) bond motifs is 1. The van der Waals surface area contributed by atoms with Gasteiger partial charge in [-0.05, 0) is 36.9 Å². The van der Waals surface area contributed by atoms with Gasteiger partial charge in [-0.1, -0.05) is 12.1 Å². The number of hydrogen-bond donors (Lipinski definition) is 1. The molecule has 1 saturated heterocycles. The van der Waals surface area contributed by atoms with Crippen molar-refractivity contribution in [3.8, 4) is 11.3 Å². The lowest BCUT2D eigenvalue weighted by atomic mass is 9.81. The average Bonchev–Trinajstić information content (AvgIpc) is 2.68. The highest BCUT2D eigenvalue weighted by molar-refractivity contribution is 5.98. The van der Waals surface area contributed by atoms with E-state index in [1.54, 1.807) is 24.4 Å². The van der Waals surface area contributed by atoms with Crippen molar-refractivity contribution in [1.29, 1.82) is 0 Å². The maximum absolute atomic E-state index is 12.7. The lowest BCUT2D eigenvalue weighted by Gasteiger charge is -2.40. The molecular weight excluding hydrogens is 368 g/mol. The average molecular weight is 389 g/mol. The molecule has 0 amide bonds. The van der Waals surface area contributed by atoms with E-state index in [2.05, 4.69) is 10.3 Å². The van der Waals surface area contributed by atoms with Crippen molar-refractivity contribution >= 4 is 24.3 Å². The lowest BCUT2D eigenvalue weighted by Crippen LogP contribution is -2.49. The molecule has 0 unspecified atom stereocenters. The van der Waals surface area contributed by atoms with Crippen LogP contribution in [0.4, 0.5) is 0 Å². The van der Waals surface area contributed by atoms with Crippen molar-refractivity contribution in [2.24, 2.45) is 0 Å². The van der Waals surface area contributed by atoms with Crippen LogP contribution in [0.5, 0.6) is 0 Å². The van der Waals surface area contributed by atoms with Crippen molar-refractivity contribution in [3.05, 3.63) is 53.2 Å². The third kappa shape index (κ3) is 3.55. The standard InChI is InChI=1S/C20H20N2O4.ClH/c1-25-18(23)15-3-2-8-22-17(15)13-4-5-14-12-20(6-9-21-10-7-20)26-19(24)16(14)11-13;/h2-5,8,11,21H,6-7,9-10,12H2,1H3;1H. The van der Waals surface area contributed by atoms with E-state index in [9.17, 15) is 9.59 Å². The molecule has 0 saturated carbocycles. The first-order chi connectivity index (χ1) is 12.6. The minimum Gasteiger partial charge on any atom is -0.465 e. The van der Waals surface area contributed by atoms with Gasteiger partial charge in [-0.15, -0.1) is 12.4 Å². The highest BCUT2D eigenvalue weighted by Crippen LogP contribution is 2.36. The number of piperidine rings is 1. The summed E-state index contributed by atoms with van der Waals surface area (Å²) in [5.41, 5.74) is 2.71. The number of rotatable bonds is 2. The van der Waals surface area contributed by atoms with Gasteiger partial charge >= 0.3 is 11.9 Å². The molecule has 0 atom stereocenters. The summed E-state index contributed by atoms with van der Waals surface area (Å²) in [5, 5.41) is 3.30. The molecule has 4 rings (SSSR count). The molecule has 6 nitrogen and oxygen atoms in total. The molecule has 0 radical (unpaired) electrons. The number of aromatic nitrogens is 1. The van der Waals surface area contributed by atoms with Crippen LogP contribution in [-0.2, 0) is 15.9 Å². The number of carbonyl (C=O) groups excluding carboxylic acids is 2. The smallest absolute Gasteiger partial charge is 0.340 e. The first kappa shape index (κ1) is 19.3. The van der Waals surface area contributed by atoms with Gasteiger partial charge in [0.25, 0.3) is 0 Å². The Kier molecular flexibility index (Phi) is 5.48. The maximum atomic E-state index is 12.7. The van der Waals surface area contributed by atoms with Crippen LogP contribution in [0.15, 0.2) is 36.5 Å². The van der Waals surface area contributed by atoms with Crippen molar-refractivity contribution in [2.45, 2.75) is 24.9 Å². The van der Waals surface area contributed by atoms with Crippen LogP contribution in [0.25, 0.3) is 11.3 Å². The molecular formula is C20H21ClN2O4. The van der Waals surface area contributed by atoms with E-state index in [-0.39, 0.29) is 24.0 Å². The number of nitrogens with zero attached hydrogens (tertiary/aromatic N) is 1. The second-order valence-electron chi connectivity index (χ2n) is 6.76. The molecule has 1 aromatic carbocycles. The zero-order chi connectivity index (χ0) is 18.1.